The van der Waals surface area contributed by atoms with E-state index in [2.05, 4.69) is 18.7 Å². The summed E-state index contributed by atoms with van der Waals surface area (Å²) in [6.45, 7) is 4.34. The van der Waals surface area contributed by atoms with Crippen molar-refractivity contribution in [1.29, 1.82) is 0 Å². The van der Waals surface area contributed by atoms with E-state index in [1.807, 2.05) is 14.1 Å². The lowest BCUT2D eigenvalue weighted by molar-refractivity contribution is -0.144. The van der Waals surface area contributed by atoms with E-state index in [1.54, 1.807) is 0 Å². The first-order valence-electron chi connectivity index (χ1n) is 9.43. The van der Waals surface area contributed by atoms with E-state index in [0.29, 0.717) is 0 Å². The second kappa shape index (κ2) is 14.0. The predicted molar refractivity (Wildman–Crippen MR) is 95.4 cm³/mol. The van der Waals surface area contributed by atoms with Crippen molar-refractivity contribution in [1.82, 2.24) is 4.90 Å². The van der Waals surface area contributed by atoms with Crippen LogP contribution in [0.1, 0.15) is 90.9 Å². The van der Waals surface area contributed by atoms with Gasteiger partial charge in [-0.1, -0.05) is 78.1 Å². The number of hydrogen-bond donors (Lipinski definition) is 1. The Kier molecular flexibility index (Phi) is 13.7. The van der Waals surface area contributed by atoms with Crippen molar-refractivity contribution < 1.29 is 9.90 Å². The van der Waals surface area contributed by atoms with Gasteiger partial charge in [-0.15, -0.1) is 0 Å². The van der Waals surface area contributed by atoms with Gasteiger partial charge in [0.05, 0.1) is 5.92 Å². The van der Waals surface area contributed by atoms with Crippen molar-refractivity contribution in [3.05, 3.63) is 0 Å². The number of nitrogens with zero attached hydrogens (tertiary/aromatic N) is 1. The molecule has 3 nitrogen and oxygen atoms in total. The van der Waals surface area contributed by atoms with Gasteiger partial charge in [0.15, 0.2) is 0 Å². The van der Waals surface area contributed by atoms with Crippen molar-refractivity contribution in [2.75, 3.05) is 14.1 Å². The van der Waals surface area contributed by atoms with Gasteiger partial charge >= 0.3 is 5.97 Å². The number of unbranched alkanes of at least 4 members (excludes halogenated alkanes) is 9. The average Bonchev–Trinajstić information content (AvgIpc) is 2.47. The number of hydrogen-bond acceptors (Lipinski definition) is 2. The molecule has 0 aliphatic heterocycles. The van der Waals surface area contributed by atoms with Crippen LogP contribution >= 0.6 is 0 Å². The van der Waals surface area contributed by atoms with Gasteiger partial charge < -0.3 is 10.0 Å². The first kappa shape index (κ1) is 21.4. The molecule has 0 aliphatic rings. The lowest BCUT2D eigenvalue weighted by Gasteiger charge is -2.28. The van der Waals surface area contributed by atoms with Gasteiger partial charge in [0.25, 0.3) is 0 Å². The van der Waals surface area contributed by atoms with Crippen molar-refractivity contribution in [2.45, 2.75) is 96.9 Å². The smallest absolute Gasteiger partial charge is 0.308 e. The summed E-state index contributed by atoms with van der Waals surface area (Å²) in [7, 11) is 3.98. The van der Waals surface area contributed by atoms with Gasteiger partial charge in [-0.2, -0.15) is 0 Å². The maximum absolute atomic E-state index is 11.5. The fraction of sp³-hybridized carbons (Fsp3) is 0.947. The molecule has 0 saturated carbocycles. The molecule has 1 N–H and O–H groups in total. The van der Waals surface area contributed by atoms with E-state index in [-0.39, 0.29) is 12.0 Å². The molecule has 0 rings (SSSR count). The Labute approximate surface area is 138 Å². The molecule has 22 heavy (non-hydrogen) atoms. The lowest BCUT2D eigenvalue weighted by Crippen LogP contribution is -2.38. The average molecular weight is 314 g/mol. The van der Waals surface area contributed by atoms with Crippen LogP contribution in [0.25, 0.3) is 0 Å². The summed E-state index contributed by atoms with van der Waals surface area (Å²) in [5.74, 6) is -0.842. The molecular weight excluding hydrogens is 274 g/mol. The largest absolute Gasteiger partial charge is 0.481 e. The molecule has 0 aromatic rings. The Morgan fingerprint density at radius 2 is 1.32 bits per heavy atom. The normalized spacial score (nSPS) is 14.2. The number of carboxylic acid groups (broad SMARTS) is 1. The number of aliphatic carboxylic acids is 1. The zero-order valence-electron chi connectivity index (χ0n) is 15.4. The topological polar surface area (TPSA) is 40.5 Å². The summed E-state index contributed by atoms with van der Waals surface area (Å²) in [6.07, 6.45) is 14.7. The molecule has 132 valence electrons. The monoisotopic (exact) mass is 313 g/mol. The molecule has 0 amide bonds. The molecule has 0 spiro atoms. The zero-order valence-corrected chi connectivity index (χ0v) is 15.4. The maximum atomic E-state index is 11.5. The van der Waals surface area contributed by atoms with E-state index in [0.717, 1.165) is 19.3 Å². The summed E-state index contributed by atoms with van der Waals surface area (Å²) in [5.41, 5.74) is 0. The molecule has 0 radical (unpaired) electrons. The van der Waals surface area contributed by atoms with Gasteiger partial charge in [0.2, 0.25) is 0 Å². The van der Waals surface area contributed by atoms with Crippen LogP contribution in [0.15, 0.2) is 0 Å². The highest BCUT2D eigenvalue weighted by Crippen LogP contribution is 2.21. The minimum atomic E-state index is -0.628. The van der Waals surface area contributed by atoms with Crippen LogP contribution in [0.4, 0.5) is 0 Å². The van der Waals surface area contributed by atoms with Crippen LogP contribution < -0.4 is 0 Å². The SMILES string of the molecule is CCCCCCCCCCCCC(C(=O)O)C(CC)N(C)C. The fourth-order valence-corrected chi connectivity index (χ4v) is 3.34. The first-order chi connectivity index (χ1) is 10.5. The maximum Gasteiger partial charge on any atom is 0.308 e. The van der Waals surface area contributed by atoms with Crippen molar-refractivity contribution >= 4 is 5.97 Å². The minimum Gasteiger partial charge on any atom is -0.481 e. The zero-order chi connectivity index (χ0) is 16.8. The van der Waals surface area contributed by atoms with Crippen LogP contribution in [-0.2, 0) is 4.79 Å². The van der Waals surface area contributed by atoms with Crippen molar-refractivity contribution in [3.63, 3.8) is 0 Å². The molecule has 0 saturated heterocycles. The van der Waals surface area contributed by atoms with Gasteiger partial charge in [0, 0.05) is 6.04 Å². The van der Waals surface area contributed by atoms with Gasteiger partial charge in [0.1, 0.15) is 0 Å². The van der Waals surface area contributed by atoms with Crippen molar-refractivity contribution in [2.24, 2.45) is 5.92 Å². The van der Waals surface area contributed by atoms with E-state index in [4.69, 9.17) is 0 Å². The van der Waals surface area contributed by atoms with Crippen LogP contribution in [0, 0.1) is 5.92 Å². The Morgan fingerprint density at radius 3 is 1.68 bits per heavy atom. The third-order valence-corrected chi connectivity index (χ3v) is 4.73. The van der Waals surface area contributed by atoms with Gasteiger partial charge in [-0.25, -0.2) is 0 Å². The molecule has 0 bridgehead atoms. The highest BCUT2D eigenvalue weighted by atomic mass is 16.4. The highest BCUT2D eigenvalue weighted by molar-refractivity contribution is 5.70. The number of carbonyl (C=O) groups is 1. The van der Waals surface area contributed by atoms with E-state index < -0.39 is 5.97 Å². The van der Waals surface area contributed by atoms with Crippen LogP contribution in [0.3, 0.4) is 0 Å². The van der Waals surface area contributed by atoms with Gasteiger partial charge in [-0.05, 0) is 26.9 Å². The Bertz CT molecular complexity index is 266. The molecule has 0 fully saturated rings. The molecular formula is C19H39NO2. The summed E-state index contributed by atoms with van der Waals surface area (Å²) in [4.78, 5) is 13.5. The predicted octanol–water partition coefficient (Wildman–Crippen LogP) is 5.34. The van der Waals surface area contributed by atoms with Crippen LogP contribution in [0.5, 0.6) is 0 Å². The Balaban J connectivity index is 3.71. The second-order valence-electron chi connectivity index (χ2n) is 6.85. The summed E-state index contributed by atoms with van der Waals surface area (Å²) in [5, 5.41) is 9.44. The fourth-order valence-electron chi connectivity index (χ4n) is 3.34. The summed E-state index contributed by atoms with van der Waals surface area (Å²) < 4.78 is 0. The van der Waals surface area contributed by atoms with Gasteiger partial charge in [-0.3, -0.25) is 4.79 Å². The molecule has 0 heterocycles. The number of carboxylic acids is 1. The van der Waals surface area contributed by atoms with Crippen LogP contribution in [-0.4, -0.2) is 36.1 Å². The Hall–Kier alpha value is -0.570. The van der Waals surface area contributed by atoms with Crippen molar-refractivity contribution in [3.8, 4) is 0 Å². The molecule has 0 aromatic carbocycles. The molecule has 3 heteroatoms. The number of rotatable bonds is 15. The second-order valence-corrected chi connectivity index (χ2v) is 6.85. The summed E-state index contributed by atoms with van der Waals surface area (Å²) in [6, 6.07) is 0.163. The third-order valence-electron chi connectivity index (χ3n) is 4.73. The highest BCUT2D eigenvalue weighted by Gasteiger charge is 2.27. The first-order valence-corrected chi connectivity index (χ1v) is 9.43. The third kappa shape index (κ3) is 10.2. The molecule has 2 atom stereocenters. The molecule has 2 unspecified atom stereocenters. The summed E-state index contributed by atoms with van der Waals surface area (Å²) >= 11 is 0. The van der Waals surface area contributed by atoms with E-state index in [9.17, 15) is 9.90 Å². The quantitative estimate of drug-likeness (QED) is 0.415. The van der Waals surface area contributed by atoms with E-state index >= 15 is 0 Å². The lowest BCUT2D eigenvalue weighted by atomic mass is 9.90. The molecule has 0 aliphatic carbocycles. The van der Waals surface area contributed by atoms with E-state index in [1.165, 1.54) is 57.8 Å². The molecule has 0 aromatic heterocycles. The standard InChI is InChI=1S/C19H39NO2/c1-5-7-8-9-10-11-12-13-14-15-16-17(19(21)22)18(6-2)20(3)4/h17-18H,5-16H2,1-4H3,(H,21,22). The Morgan fingerprint density at radius 1 is 0.864 bits per heavy atom. The van der Waals surface area contributed by atoms with Crippen LogP contribution in [0.2, 0.25) is 0 Å². The minimum absolute atomic E-state index is 0.163.